The summed E-state index contributed by atoms with van der Waals surface area (Å²) in [7, 11) is 1.59. The van der Waals surface area contributed by atoms with Gasteiger partial charge < -0.3 is 19.7 Å². The highest BCUT2D eigenvalue weighted by molar-refractivity contribution is 5.85. The fourth-order valence-electron chi connectivity index (χ4n) is 2.42. The molecule has 1 aliphatic rings. The lowest BCUT2D eigenvalue weighted by molar-refractivity contribution is -0.134. The SMILES string of the molecule is COc1ccc(OCC(=O)NCC(=O)N2CCC(C)CC2)cc1. The summed E-state index contributed by atoms with van der Waals surface area (Å²) in [5.74, 6) is 1.64. The maximum atomic E-state index is 12.0. The van der Waals surface area contributed by atoms with E-state index in [1.54, 1.807) is 31.4 Å². The third-order valence-electron chi connectivity index (χ3n) is 4.00. The van der Waals surface area contributed by atoms with Gasteiger partial charge in [-0.05, 0) is 43.0 Å². The standard InChI is InChI=1S/C17H24N2O4/c1-13-7-9-19(10-8-13)17(21)11-18-16(20)12-23-15-5-3-14(22-2)4-6-15/h3-6,13H,7-12H2,1-2H3,(H,18,20). The van der Waals surface area contributed by atoms with E-state index in [0.29, 0.717) is 11.7 Å². The van der Waals surface area contributed by atoms with Crippen molar-refractivity contribution < 1.29 is 19.1 Å². The van der Waals surface area contributed by atoms with Crippen LogP contribution in [-0.4, -0.2) is 50.1 Å². The lowest BCUT2D eigenvalue weighted by Crippen LogP contribution is -2.44. The fraction of sp³-hybridized carbons (Fsp3) is 0.529. The summed E-state index contributed by atoms with van der Waals surface area (Å²) in [5.41, 5.74) is 0. The number of carbonyl (C=O) groups is 2. The zero-order valence-corrected chi connectivity index (χ0v) is 13.7. The van der Waals surface area contributed by atoms with Crippen LogP contribution in [0, 0.1) is 5.92 Å². The van der Waals surface area contributed by atoms with Crippen molar-refractivity contribution in [2.45, 2.75) is 19.8 Å². The van der Waals surface area contributed by atoms with Crippen LogP contribution in [0.5, 0.6) is 11.5 Å². The smallest absolute Gasteiger partial charge is 0.258 e. The van der Waals surface area contributed by atoms with Crippen molar-refractivity contribution >= 4 is 11.8 Å². The van der Waals surface area contributed by atoms with Gasteiger partial charge >= 0.3 is 0 Å². The first-order valence-corrected chi connectivity index (χ1v) is 7.90. The van der Waals surface area contributed by atoms with E-state index in [1.807, 2.05) is 4.90 Å². The molecule has 6 nitrogen and oxygen atoms in total. The quantitative estimate of drug-likeness (QED) is 0.861. The van der Waals surface area contributed by atoms with Crippen molar-refractivity contribution in [3.63, 3.8) is 0 Å². The monoisotopic (exact) mass is 320 g/mol. The number of nitrogens with zero attached hydrogens (tertiary/aromatic N) is 1. The molecule has 0 aliphatic carbocycles. The van der Waals surface area contributed by atoms with E-state index >= 15 is 0 Å². The minimum absolute atomic E-state index is 0.0270. The highest BCUT2D eigenvalue weighted by Gasteiger charge is 2.20. The van der Waals surface area contributed by atoms with Gasteiger partial charge in [0, 0.05) is 13.1 Å². The minimum Gasteiger partial charge on any atom is -0.497 e. The first-order chi connectivity index (χ1) is 11.1. The molecule has 0 atom stereocenters. The molecule has 1 aliphatic heterocycles. The van der Waals surface area contributed by atoms with E-state index in [0.717, 1.165) is 31.7 Å². The first kappa shape index (κ1) is 17.1. The van der Waals surface area contributed by atoms with E-state index in [2.05, 4.69) is 12.2 Å². The molecule has 2 amide bonds. The van der Waals surface area contributed by atoms with Gasteiger partial charge in [0.1, 0.15) is 11.5 Å². The number of piperidine rings is 1. The Kier molecular flexibility index (Phi) is 6.26. The molecule has 1 saturated heterocycles. The molecule has 0 aromatic heterocycles. The van der Waals surface area contributed by atoms with Gasteiger partial charge in [-0.3, -0.25) is 9.59 Å². The van der Waals surface area contributed by atoms with Crippen LogP contribution in [-0.2, 0) is 9.59 Å². The number of carbonyl (C=O) groups excluding carboxylic acids is 2. The van der Waals surface area contributed by atoms with Crippen LogP contribution in [0.4, 0.5) is 0 Å². The largest absolute Gasteiger partial charge is 0.497 e. The van der Waals surface area contributed by atoms with E-state index < -0.39 is 0 Å². The normalized spacial score (nSPS) is 15.1. The third-order valence-corrected chi connectivity index (χ3v) is 4.00. The highest BCUT2D eigenvalue weighted by atomic mass is 16.5. The summed E-state index contributed by atoms with van der Waals surface area (Å²) < 4.78 is 10.4. The van der Waals surface area contributed by atoms with Gasteiger partial charge in [0.15, 0.2) is 6.61 Å². The zero-order chi connectivity index (χ0) is 16.7. The van der Waals surface area contributed by atoms with Crippen LogP contribution in [0.15, 0.2) is 24.3 Å². The molecular formula is C17H24N2O4. The Morgan fingerprint density at radius 2 is 1.78 bits per heavy atom. The Balaban J connectivity index is 1.67. The second-order valence-corrected chi connectivity index (χ2v) is 5.80. The number of nitrogens with one attached hydrogen (secondary N) is 1. The van der Waals surface area contributed by atoms with Gasteiger partial charge in [-0.2, -0.15) is 0 Å². The molecule has 6 heteroatoms. The number of ether oxygens (including phenoxy) is 2. The zero-order valence-electron chi connectivity index (χ0n) is 13.7. The summed E-state index contributed by atoms with van der Waals surface area (Å²) in [6.45, 7) is 3.66. The Bertz CT molecular complexity index is 522. The van der Waals surface area contributed by atoms with E-state index in [1.165, 1.54) is 0 Å². The Morgan fingerprint density at radius 1 is 1.17 bits per heavy atom. The van der Waals surface area contributed by atoms with Gasteiger partial charge in [-0.25, -0.2) is 0 Å². The molecule has 0 spiro atoms. The average Bonchev–Trinajstić information content (AvgIpc) is 2.59. The second-order valence-electron chi connectivity index (χ2n) is 5.80. The third kappa shape index (κ3) is 5.47. The average molecular weight is 320 g/mol. The fourth-order valence-corrected chi connectivity index (χ4v) is 2.42. The lowest BCUT2D eigenvalue weighted by Gasteiger charge is -2.30. The molecule has 126 valence electrons. The number of hydrogen-bond acceptors (Lipinski definition) is 4. The van der Waals surface area contributed by atoms with Crippen molar-refractivity contribution in [1.29, 1.82) is 0 Å². The second kappa shape index (κ2) is 8.41. The number of amides is 2. The molecule has 0 unspecified atom stereocenters. The predicted molar refractivity (Wildman–Crippen MR) is 86.5 cm³/mol. The van der Waals surface area contributed by atoms with Crippen molar-refractivity contribution in [1.82, 2.24) is 10.2 Å². The van der Waals surface area contributed by atoms with Gasteiger partial charge in [0.25, 0.3) is 5.91 Å². The molecule has 0 bridgehead atoms. The predicted octanol–water partition coefficient (Wildman–Crippen LogP) is 1.45. The number of hydrogen-bond donors (Lipinski definition) is 1. The molecule has 2 rings (SSSR count). The Labute approximate surface area is 136 Å². The molecule has 23 heavy (non-hydrogen) atoms. The summed E-state index contributed by atoms with van der Waals surface area (Å²) in [5, 5.41) is 2.60. The molecule has 1 fully saturated rings. The van der Waals surface area contributed by atoms with Gasteiger partial charge in [0.05, 0.1) is 13.7 Å². The Hall–Kier alpha value is -2.24. The maximum absolute atomic E-state index is 12.0. The molecule has 1 aromatic rings. The van der Waals surface area contributed by atoms with Crippen LogP contribution in [0.2, 0.25) is 0 Å². The number of likely N-dealkylation sites (tertiary alicyclic amines) is 1. The van der Waals surface area contributed by atoms with Crippen molar-refractivity contribution in [2.75, 3.05) is 33.4 Å². The molecule has 0 saturated carbocycles. The summed E-state index contributed by atoms with van der Waals surface area (Å²) in [6.07, 6.45) is 2.06. The van der Waals surface area contributed by atoms with Crippen LogP contribution < -0.4 is 14.8 Å². The molecule has 1 aromatic carbocycles. The van der Waals surface area contributed by atoms with Gasteiger partial charge in [-0.15, -0.1) is 0 Å². The van der Waals surface area contributed by atoms with Crippen LogP contribution in [0.25, 0.3) is 0 Å². The summed E-state index contributed by atoms with van der Waals surface area (Å²) in [6, 6.07) is 6.97. The van der Waals surface area contributed by atoms with Crippen LogP contribution in [0.1, 0.15) is 19.8 Å². The Morgan fingerprint density at radius 3 is 2.39 bits per heavy atom. The van der Waals surface area contributed by atoms with E-state index in [-0.39, 0.29) is 25.0 Å². The van der Waals surface area contributed by atoms with E-state index in [9.17, 15) is 9.59 Å². The topological polar surface area (TPSA) is 67.9 Å². The molecule has 0 radical (unpaired) electrons. The van der Waals surface area contributed by atoms with Gasteiger partial charge in [0.2, 0.25) is 5.91 Å². The molecule has 1 heterocycles. The maximum Gasteiger partial charge on any atom is 0.258 e. The number of benzene rings is 1. The van der Waals surface area contributed by atoms with Gasteiger partial charge in [-0.1, -0.05) is 6.92 Å². The lowest BCUT2D eigenvalue weighted by atomic mass is 9.99. The van der Waals surface area contributed by atoms with Crippen molar-refractivity contribution in [3.05, 3.63) is 24.3 Å². The van der Waals surface area contributed by atoms with E-state index in [4.69, 9.17) is 9.47 Å². The highest BCUT2D eigenvalue weighted by Crippen LogP contribution is 2.17. The molecular weight excluding hydrogens is 296 g/mol. The van der Waals surface area contributed by atoms with Crippen molar-refractivity contribution in [3.8, 4) is 11.5 Å². The number of rotatable bonds is 6. The summed E-state index contributed by atoms with van der Waals surface area (Å²) >= 11 is 0. The van der Waals surface area contributed by atoms with Crippen LogP contribution >= 0.6 is 0 Å². The minimum atomic E-state index is -0.306. The van der Waals surface area contributed by atoms with Crippen LogP contribution in [0.3, 0.4) is 0 Å². The van der Waals surface area contributed by atoms with Crippen molar-refractivity contribution in [2.24, 2.45) is 5.92 Å². The molecule has 1 N–H and O–H groups in total. The summed E-state index contributed by atoms with van der Waals surface area (Å²) in [4.78, 5) is 25.6. The first-order valence-electron chi connectivity index (χ1n) is 7.90. The number of methoxy groups -OCH3 is 1.